The molecule has 0 aliphatic rings. The van der Waals surface area contributed by atoms with Gasteiger partial charge in [0.05, 0.1) is 28.5 Å². The number of benzene rings is 2. The molecule has 3 rings (SSSR count). The quantitative estimate of drug-likeness (QED) is 0.517. The van der Waals surface area contributed by atoms with Crippen molar-refractivity contribution in [2.75, 3.05) is 4.72 Å². The van der Waals surface area contributed by atoms with Gasteiger partial charge in [0, 0.05) is 6.07 Å². The molecule has 27 heavy (non-hydrogen) atoms. The fourth-order valence-corrected chi connectivity index (χ4v) is 4.13. The summed E-state index contributed by atoms with van der Waals surface area (Å²) in [5.41, 5.74) is 1.99. The largest absolute Gasteiger partial charge is 0.289 e. The molecule has 0 saturated carbocycles. The van der Waals surface area contributed by atoms with Gasteiger partial charge in [-0.05, 0) is 25.5 Å². The fraction of sp³-hybridized carbons (Fsp3) is 0.167. The molecule has 9 heteroatoms. The molecule has 1 aromatic heterocycles. The number of hydrogen-bond donors (Lipinski definition) is 1. The molecule has 0 aliphatic carbocycles. The SMILES string of the molecule is Cc1nn(Cc2ccccc2)c(C)c1NS(=O)(=O)c1ccccc1[N+](=O)[O-]. The van der Waals surface area contributed by atoms with Gasteiger partial charge in [0.1, 0.15) is 0 Å². The summed E-state index contributed by atoms with van der Waals surface area (Å²) in [5, 5.41) is 15.6. The molecular formula is C18H18N4O4S. The molecule has 2 aromatic carbocycles. The number of nitro groups is 1. The van der Waals surface area contributed by atoms with Crippen LogP contribution in [0.2, 0.25) is 0 Å². The van der Waals surface area contributed by atoms with Crippen LogP contribution in [0.4, 0.5) is 11.4 Å². The zero-order chi connectivity index (χ0) is 19.6. The minimum Gasteiger partial charge on any atom is -0.276 e. The summed E-state index contributed by atoms with van der Waals surface area (Å²) < 4.78 is 29.6. The number of sulfonamides is 1. The molecule has 3 aromatic rings. The lowest BCUT2D eigenvalue weighted by Gasteiger charge is -2.09. The Labute approximate surface area is 156 Å². The van der Waals surface area contributed by atoms with Crippen LogP contribution in [0.1, 0.15) is 17.0 Å². The number of nitro benzene ring substituents is 1. The zero-order valence-corrected chi connectivity index (χ0v) is 15.6. The first-order valence-corrected chi connectivity index (χ1v) is 9.62. The topological polar surface area (TPSA) is 107 Å². The predicted molar refractivity (Wildman–Crippen MR) is 101 cm³/mol. The molecule has 0 unspecified atom stereocenters. The molecule has 0 amide bonds. The Morgan fingerprint density at radius 2 is 1.70 bits per heavy atom. The molecule has 0 spiro atoms. The Hall–Kier alpha value is -3.20. The third kappa shape index (κ3) is 3.82. The van der Waals surface area contributed by atoms with Crippen LogP contribution >= 0.6 is 0 Å². The van der Waals surface area contributed by atoms with Crippen LogP contribution in [0.15, 0.2) is 59.5 Å². The van der Waals surface area contributed by atoms with Crippen molar-refractivity contribution in [2.24, 2.45) is 0 Å². The van der Waals surface area contributed by atoms with Crippen LogP contribution < -0.4 is 4.72 Å². The Balaban J connectivity index is 1.95. The van der Waals surface area contributed by atoms with Crippen LogP contribution in [-0.2, 0) is 16.6 Å². The van der Waals surface area contributed by atoms with Crippen molar-refractivity contribution in [3.8, 4) is 0 Å². The molecule has 1 N–H and O–H groups in total. The number of anilines is 1. The summed E-state index contributed by atoms with van der Waals surface area (Å²) in [7, 11) is -4.14. The van der Waals surface area contributed by atoms with Gasteiger partial charge in [0.15, 0.2) is 4.90 Å². The van der Waals surface area contributed by atoms with Gasteiger partial charge in [0.25, 0.3) is 15.7 Å². The Kier molecular flexibility index (Phi) is 4.95. The van der Waals surface area contributed by atoms with Crippen molar-refractivity contribution >= 4 is 21.4 Å². The van der Waals surface area contributed by atoms with E-state index in [9.17, 15) is 18.5 Å². The average molecular weight is 386 g/mol. The second-order valence-corrected chi connectivity index (χ2v) is 7.67. The van der Waals surface area contributed by atoms with Gasteiger partial charge in [0.2, 0.25) is 0 Å². The van der Waals surface area contributed by atoms with Crippen LogP contribution in [0.5, 0.6) is 0 Å². The lowest BCUT2D eigenvalue weighted by molar-refractivity contribution is -0.387. The molecule has 0 radical (unpaired) electrons. The maximum Gasteiger partial charge on any atom is 0.289 e. The Morgan fingerprint density at radius 1 is 1.07 bits per heavy atom. The van der Waals surface area contributed by atoms with E-state index in [1.54, 1.807) is 18.5 Å². The summed E-state index contributed by atoms with van der Waals surface area (Å²) in [6.07, 6.45) is 0. The fourth-order valence-electron chi connectivity index (χ4n) is 2.78. The van der Waals surface area contributed by atoms with Gasteiger partial charge in [-0.2, -0.15) is 5.10 Å². The molecular weight excluding hydrogens is 368 g/mol. The Morgan fingerprint density at radius 3 is 2.37 bits per heavy atom. The second-order valence-electron chi connectivity index (χ2n) is 6.02. The third-order valence-corrected chi connectivity index (χ3v) is 5.54. The van der Waals surface area contributed by atoms with Gasteiger partial charge in [-0.1, -0.05) is 42.5 Å². The second kappa shape index (κ2) is 7.20. The number of hydrogen-bond acceptors (Lipinski definition) is 5. The van der Waals surface area contributed by atoms with Gasteiger partial charge in [-0.3, -0.25) is 19.5 Å². The standard InChI is InChI=1S/C18H18N4O4S/c1-13-18(14(2)21(19-13)12-15-8-4-3-5-9-15)20-27(25,26)17-11-7-6-10-16(17)22(23)24/h3-11,20H,12H2,1-2H3. The van der Waals surface area contributed by atoms with Crippen molar-refractivity contribution in [3.63, 3.8) is 0 Å². The molecule has 8 nitrogen and oxygen atoms in total. The zero-order valence-electron chi connectivity index (χ0n) is 14.8. The lowest BCUT2D eigenvalue weighted by atomic mass is 10.2. The first kappa shape index (κ1) is 18.6. The van der Waals surface area contributed by atoms with E-state index in [0.717, 1.165) is 11.6 Å². The molecule has 0 saturated heterocycles. The van der Waals surface area contributed by atoms with Crippen molar-refractivity contribution in [3.05, 3.63) is 81.7 Å². The van der Waals surface area contributed by atoms with E-state index >= 15 is 0 Å². The van der Waals surface area contributed by atoms with E-state index in [1.165, 1.54) is 18.2 Å². The van der Waals surface area contributed by atoms with Crippen molar-refractivity contribution in [1.29, 1.82) is 0 Å². The van der Waals surface area contributed by atoms with E-state index in [4.69, 9.17) is 0 Å². The van der Waals surface area contributed by atoms with Gasteiger partial charge in [-0.15, -0.1) is 0 Å². The summed E-state index contributed by atoms with van der Waals surface area (Å²) in [4.78, 5) is 10.1. The predicted octanol–water partition coefficient (Wildman–Crippen LogP) is 3.26. The first-order chi connectivity index (χ1) is 12.8. The number of para-hydroxylation sites is 1. The van der Waals surface area contributed by atoms with E-state index in [2.05, 4.69) is 9.82 Å². The summed E-state index contributed by atoms with van der Waals surface area (Å²) in [6, 6.07) is 14.9. The highest BCUT2D eigenvalue weighted by Crippen LogP contribution is 2.28. The summed E-state index contributed by atoms with van der Waals surface area (Å²) in [6.45, 7) is 3.92. The van der Waals surface area contributed by atoms with Crippen molar-refractivity contribution in [2.45, 2.75) is 25.3 Å². The normalized spacial score (nSPS) is 11.3. The number of nitrogens with one attached hydrogen (secondary N) is 1. The first-order valence-electron chi connectivity index (χ1n) is 8.14. The van der Waals surface area contributed by atoms with Gasteiger partial charge >= 0.3 is 0 Å². The highest BCUT2D eigenvalue weighted by Gasteiger charge is 2.27. The van der Waals surface area contributed by atoms with Crippen molar-refractivity contribution < 1.29 is 13.3 Å². The highest BCUT2D eigenvalue weighted by atomic mass is 32.2. The maximum atomic E-state index is 12.7. The van der Waals surface area contributed by atoms with Crippen LogP contribution in [-0.4, -0.2) is 23.1 Å². The van der Waals surface area contributed by atoms with Gasteiger partial charge in [-0.25, -0.2) is 8.42 Å². The van der Waals surface area contributed by atoms with E-state index in [-0.39, 0.29) is 4.90 Å². The summed E-state index contributed by atoms with van der Waals surface area (Å²) >= 11 is 0. The van der Waals surface area contributed by atoms with Crippen molar-refractivity contribution in [1.82, 2.24) is 9.78 Å². The Bertz CT molecular complexity index is 1090. The molecule has 0 aliphatic heterocycles. The number of nitrogens with zero attached hydrogens (tertiary/aromatic N) is 3. The number of aromatic nitrogens is 2. The lowest BCUT2D eigenvalue weighted by Crippen LogP contribution is -2.16. The molecule has 0 atom stereocenters. The molecule has 140 valence electrons. The number of rotatable bonds is 6. The minimum atomic E-state index is -4.14. The molecule has 0 fully saturated rings. The van der Waals surface area contributed by atoms with Crippen LogP contribution in [0, 0.1) is 24.0 Å². The maximum absolute atomic E-state index is 12.7. The average Bonchev–Trinajstić information content (AvgIpc) is 2.89. The van der Waals surface area contributed by atoms with E-state index in [0.29, 0.717) is 23.6 Å². The van der Waals surface area contributed by atoms with Gasteiger partial charge < -0.3 is 0 Å². The van der Waals surface area contributed by atoms with E-state index < -0.39 is 20.6 Å². The molecule has 1 heterocycles. The smallest absolute Gasteiger partial charge is 0.276 e. The number of aryl methyl sites for hydroxylation is 1. The third-order valence-electron chi connectivity index (χ3n) is 4.14. The molecule has 0 bridgehead atoms. The highest BCUT2D eigenvalue weighted by molar-refractivity contribution is 7.92. The van der Waals surface area contributed by atoms with Crippen LogP contribution in [0.25, 0.3) is 0 Å². The summed E-state index contributed by atoms with van der Waals surface area (Å²) in [5.74, 6) is 0. The van der Waals surface area contributed by atoms with Crippen LogP contribution in [0.3, 0.4) is 0 Å². The minimum absolute atomic E-state index is 0.323. The monoisotopic (exact) mass is 386 g/mol. The van der Waals surface area contributed by atoms with E-state index in [1.807, 2.05) is 30.3 Å².